The highest BCUT2D eigenvalue weighted by Crippen LogP contribution is 2.33. The molecule has 1 heterocycles. The van der Waals surface area contributed by atoms with Gasteiger partial charge in [-0.3, -0.25) is 14.4 Å². The third kappa shape index (κ3) is 4.48. The van der Waals surface area contributed by atoms with Gasteiger partial charge in [-0.2, -0.15) is 5.26 Å². The lowest BCUT2D eigenvalue weighted by molar-refractivity contribution is -0.119. The molecule has 0 radical (unpaired) electrons. The lowest BCUT2D eigenvalue weighted by Crippen LogP contribution is -2.29. The fraction of sp³-hybridized carbons (Fsp3) is 0.0417. The molecule has 3 aromatic carbocycles. The Morgan fingerprint density at radius 2 is 1.71 bits per heavy atom. The first-order valence-electron chi connectivity index (χ1n) is 9.73. The molecule has 0 saturated heterocycles. The van der Waals surface area contributed by atoms with E-state index in [1.165, 1.54) is 42.5 Å². The van der Waals surface area contributed by atoms with Crippen molar-refractivity contribution in [1.82, 2.24) is 0 Å². The molecule has 0 aromatic heterocycles. The lowest BCUT2D eigenvalue weighted by Gasteiger charge is -2.14. The number of imide groups is 1. The molecule has 1 aliphatic heterocycles. The number of ether oxygens (including phenoxy) is 1. The van der Waals surface area contributed by atoms with Crippen LogP contribution in [0.3, 0.4) is 0 Å². The monoisotopic (exact) mass is 493 g/mol. The maximum Gasteiger partial charge on any atom is 0.338 e. The number of benzene rings is 3. The van der Waals surface area contributed by atoms with Crippen molar-refractivity contribution in [3.8, 4) is 6.07 Å². The van der Waals surface area contributed by atoms with E-state index in [9.17, 15) is 19.2 Å². The van der Waals surface area contributed by atoms with E-state index in [0.29, 0.717) is 11.3 Å². The molecule has 0 aliphatic carbocycles. The van der Waals surface area contributed by atoms with Crippen LogP contribution in [-0.4, -0.2) is 30.3 Å². The van der Waals surface area contributed by atoms with E-state index in [2.05, 4.69) is 5.32 Å². The van der Waals surface area contributed by atoms with Crippen molar-refractivity contribution in [3.05, 3.63) is 93.0 Å². The third-order valence-electron chi connectivity index (χ3n) is 4.89. The van der Waals surface area contributed by atoms with Crippen LogP contribution in [0.25, 0.3) is 0 Å². The Morgan fingerprint density at radius 1 is 0.941 bits per heavy atom. The van der Waals surface area contributed by atoms with Gasteiger partial charge in [0, 0.05) is 5.69 Å². The van der Waals surface area contributed by atoms with Crippen LogP contribution in [0.2, 0.25) is 10.0 Å². The molecule has 3 aromatic rings. The number of nitriles is 1. The van der Waals surface area contributed by atoms with Gasteiger partial charge in [0.15, 0.2) is 6.61 Å². The van der Waals surface area contributed by atoms with Gasteiger partial charge in [-0.05, 0) is 54.6 Å². The summed E-state index contributed by atoms with van der Waals surface area (Å²) >= 11 is 11.9. The molecule has 1 aliphatic rings. The Morgan fingerprint density at radius 3 is 2.44 bits per heavy atom. The zero-order valence-corrected chi connectivity index (χ0v) is 18.7. The second kappa shape index (κ2) is 9.35. The maximum atomic E-state index is 12.9. The van der Waals surface area contributed by atoms with Gasteiger partial charge in [-0.25, -0.2) is 9.69 Å². The fourth-order valence-corrected chi connectivity index (χ4v) is 3.60. The highest BCUT2D eigenvalue weighted by Gasteiger charge is 2.37. The van der Waals surface area contributed by atoms with Crippen molar-refractivity contribution in [2.45, 2.75) is 0 Å². The van der Waals surface area contributed by atoms with E-state index < -0.39 is 30.3 Å². The Hall–Kier alpha value is -4.19. The number of hydrogen-bond donors (Lipinski definition) is 1. The minimum Gasteiger partial charge on any atom is -0.452 e. The minimum atomic E-state index is -0.850. The first-order chi connectivity index (χ1) is 16.3. The molecular formula is C24H13Cl2N3O5. The Balaban J connectivity index is 1.45. The normalized spacial score (nSPS) is 12.2. The predicted octanol–water partition coefficient (Wildman–Crippen LogP) is 4.46. The molecule has 3 amide bonds. The van der Waals surface area contributed by atoms with E-state index in [0.717, 1.165) is 4.90 Å². The summed E-state index contributed by atoms with van der Waals surface area (Å²) in [5, 5.41) is 11.9. The molecule has 168 valence electrons. The van der Waals surface area contributed by atoms with Crippen molar-refractivity contribution >= 4 is 58.3 Å². The molecule has 34 heavy (non-hydrogen) atoms. The van der Waals surface area contributed by atoms with Crippen molar-refractivity contribution in [1.29, 1.82) is 5.26 Å². The average Bonchev–Trinajstić information content (AvgIpc) is 3.08. The predicted molar refractivity (Wildman–Crippen MR) is 124 cm³/mol. The number of nitrogens with zero attached hydrogens (tertiary/aromatic N) is 2. The fourth-order valence-electron chi connectivity index (χ4n) is 3.30. The SMILES string of the molecule is N#Cc1cccc(NC(=O)COC(=O)c2ccc3c(c2)C(=O)N(c2ccc(Cl)c(Cl)c2)C3=O)c1. The zero-order valence-electron chi connectivity index (χ0n) is 17.2. The maximum absolute atomic E-state index is 12.9. The summed E-state index contributed by atoms with van der Waals surface area (Å²) in [6, 6.07) is 16.5. The van der Waals surface area contributed by atoms with E-state index in [-0.39, 0.29) is 32.4 Å². The number of esters is 1. The third-order valence-corrected chi connectivity index (χ3v) is 5.63. The number of halogens is 2. The summed E-state index contributed by atoms with van der Waals surface area (Å²) < 4.78 is 5.02. The first kappa shape index (κ1) is 23.0. The van der Waals surface area contributed by atoms with Crippen LogP contribution in [0.15, 0.2) is 60.7 Å². The van der Waals surface area contributed by atoms with E-state index in [4.69, 9.17) is 33.2 Å². The van der Waals surface area contributed by atoms with Crippen molar-refractivity contribution in [2.24, 2.45) is 0 Å². The van der Waals surface area contributed by atoms with Gasteiger partial charge in [0.1, 0.15) is 0 Å². The number of hydrogen-bond acceptors (Lipinski definition) is 6. The van der Waals surface area contributed by atoms with Gasteiger partial charge in [0.05, 0.1) is 44.1 Å². The van der Waals surface area contributed by atoms with Crippen LogP contribution in [0.5, 0.6) is 0 Å². The molecular weight excluding hydrogens is 481 g/mol. The molecule has 1 N–H and O–H groups in total. The summed E-state index contributed by atoms with van der Waals surface area (Å²) in [5.41, 5.74) is 1.11. The van der Waals surface area contributed by atoms with Crippen LogP contribution < -0.4 is 10.2 Å². The van der Waals surface area contributed by atoms with Gasteiger partial charge < -0.3 is 10.1 Å². The molecule has 4 rings (SSSR count). The van der Waals surface area contributed by atoms with Crippen molar-refractivity contribution in [3.63, 3.8) is 0 Å². The number of rotatable bonds is 5. The second-order valence-corrected chi connectivity index (χ2v) is 7.94. The summed E-state index contributed by atoms with van der Waals surface area (Å²) in [4.78, 5) is 51.1. The van der Waals surface area contributed by atoms with Crippen molar-refractivity contribution < 1.29 is 23.9 Å². The molecule has 0 spiro atoms. The molecule has 0 bridgehead atoms. The van der Waals surface area contributed by atoms with Crippen LogP contribution in [0, 0.1) is 11.3 Å². The van der Waals surface area contributed by atoms with Crippen LogP contribution in [-0.2, 0) is 9.53 Å². The average molecular weight is 494 g/mol. The largest absolute Gasteiger partial charge is 0.452 e. The smallest absolute Gasteiger partial charge is 0.338 e. The molecule has 0 unspecified atom stereocenters. The second-order valence-electron chi connectivity index (χ2n) is 7.12. The lowest BCUT2D eigenvalue weighted by atomic mass is 10.1. The quantitative estimate of drug-likeness (QED) is 0.414. The Labute approximate surface area is 203 Å². The first-order valence-corrected chi connectivity index (χ1v) is 10.5. The summed E-state index contributed by atoms with van der Waals surface area (Å²) in [6.07, 6.45) is 0. The molecule has 10 heteroatoms. The minimum absolute atomic E-state index is 0.00448. The van der Waals surface area contributed by atoms with Gasteiger partial charge in [0.2, 0.25) is 0 Å². The van der Waals surface area contributed by atoms with E-state index in [1.807, 2.05) is 6.07 Å². The molecule has 8 nitrogen and oxygen atoms in total. The molecule has 0 atom stereocenters. The van der Waals surface area contributed by atoms with Crippen LogP contribution in [0.1, 0.15) is 36.6 Å². The van der Waals surface area contributed by atoms with Gasteiger partial charge in [-0.15, -0.1) is 0 Å². The molecule has 0 saturated carbocycles. The zero-order chi connectivity index (χ0) is 24.4. The summed E-state index contributed by atoms with van der Waals surface area (Å²) in [7, 11) is 0. The van der Waals surface area contributed by atoms with E-state index in [1.54, 1.807) is 18.2 Å². The highest BCUT2D eigenvalue weighted by molar-refractivity contribution is 6.42. The number of carbonyl (C=O) groups excluding carboxylic acids is 4. The van der Waals surface area contributed by atoms with E-state index >= 15 is 0 Å². The van der Waals surface area contributed by atoms with Gasteiger partial charge >= 0.3 is 5.97 Å². The number of nitrogens with one attached hydrogen (secondary N) is 1. The number of amides is 3. The van der Waals surface area contributed by atoms with Gasteiger partial charge in [0.25, 0.3) is 17.7 Å². The topological polar surface area (TPSA) is 117 Å². The number of anilines is 2. The molecule has 0 fully saturated rings. The Bertz CT molecular complexity index is 1410. The van der Waals surface area contributed by atoms with Crippen molar-refractivity contribution in [2.75, 3.05) is 16.8 Å². The van der Waals surface area contributed by atoms with Crippen LogP contribution in [0.4, 0.5) is 11.4 Å². The highest BCUT2D eigenvalue weighted by atomic mass is 35.5. The summed E-state index contributed by atoms with van der Waals surface area (Å²) in [6.45, 7) is -0.588. The number of carbonyl (C=O) groups is 4. The summed E-state index contributed by atoms with van der Waals surface area (Å²) in [5.74, 6) is -2.67. The van der Waals surface area contributed by atoms with Crippen LogP contribution >= 0.6 is 23.2 Å². The Kier molecular flexibility index (Phi) is 6.32. The van der Waals surface area contributed by atoms with Gasteiger partial charge in [-0.1, -0.05) is 29.3 Å². The number of fused-ring (bicyclic) bond motifs is 1. The standard InChI is InChI=1S/C24H13Cl2N3O5/c25-19-7-5-16(10-20(19)26)29-22(31)17-6-4-14(9-18(17)23(29)32)24(33)34-12-21(30)28-15-3-1-2-13(8-15)11-27/h1-10H,12H2,(H,28,30).